The van der Waals surface area contributed by atoms with Crippen molar-refractivity contribution in [1.29, 1.82) is 0 Å². The van der Waals surface area contributed by atoms with Gasteiger partial charge in [0.15, 0.2) is 5.75 Å². The van der Waals surface area contributed by atoms with Gasteiger partial charge in [-0.3, -0.25) is 14.9 Å². The van der Waals surface area contributed by atoms with Crippen molar-refractivity contribution in [2.75, 3.05) is 21.3 Å². The van der Waals surface area contributed by atoms with Gasteiger partial charge in [0, 0.05) is 17.7 Å². The second-order valence-corrected chi connectivity index (χ2v) is 5.35. The van der Waals surface area contributed by atoms with Crippen LogP contribution in [0.2, 0.25) is 0 Å². The molecule has 0 atom stereocenters. The second kappa shape index (κ2) is 8.65. The largest absolute Gasteiger partial charge is 0.497 e. The monoisotopic (exact) mass is 373 g/mol. The van der Waals surface area contributed by atoms with E-state index in [0.29, 0.717) is 22.8 Å². The number of amides is 1. The van der Waals surface area contributed by atoms with E-state index in [4.69, 9.17) is 14.2 Å². The van der Waals surface area contributed by atoms with Gasteiger partial charge in [-0.15, -0.1) is 0 Å². The van der Waals surface area contributed by atoms with Gasteiger partial charge < -0.3 is 14.2 Å². The Morgan fingerprint density at radius 1 is 1.04 bits per heavy atom. The molecule has 0 fully saturated rings. The lowest BCUT2D eigenvalue weighted by atomic mass is 10.1. The number of hydrazone groups is 1. The maximum absolute atomic E-state index is 12.4. The van der Waals surface area contributed by atoms with Gasteiger partial charge in [0.05, 0.1) is 37.5 Å². The summed E-state index contributed by atoms with van der Waals surface area (Å²) in [5.74, 6) is 0.536. The average molecular weight is 373 g/mol. The lowest BCUT2D eigenvalue weighted by molar-refractivity contribution is -0.385. The quantitative estimate of drug-likeness (QED) is 0.454. The zero-order valence-corrected chi connectivity index (χ0v) is 15.3. The molecule has 0 bridgehead atoms. The summed E-state index contributed by atoms with van der Waals surface area (Å²) in [5.41, 5.74) is 3.37. The van der Waals surface area contributed by atoms with Crippen molar-refractivity contribution in [1.82, 2.24) is 5.43 Å². The predicted molar refractivity (Wildman–Crippen MR) is 98.9 cm³/mol. The van der Waals surface area contributed by atoms with E-state index in [9.17, 15) is 14.9 Å². The molecule has 2 aromatic carbocycles. The molecule has 0 saturated carbocycles. The maximum Gasteiger partial charge on any atom is 0.311 e. The first-order valence-corrected chi connectivity index (χ1v) is 7.80. The van der Waals surface area contributed by atoms with E-state index in [1.54, 1.807) is 31.2 Å². The maximum atomic E-state index is 12.4. The summed E-state index contributed by atoms with van der Waals surface area (Å²) in [6.45, 7) is 1.62. The minimum atomic E-state index is -0.545. The van der Waals surface area contributed by atoms with Gasteiger partial charge in [-0.25, -0.2) is 5.43 Å². The van der Waals surface area contributed by atoms with E-state index in [1.807, 2.05) is 0 Å². The number of nitro groups is 1. The molecule has 0 aliphatic heterocycles. The van der Waals surface area contributed by atoms with E-state index < -0.39 is 10.8 Å². The molecule has 142 valence electrons. The van der Waals surface area contributed by atoms with Crippen molar-refractivity contribution in [3.8, 4) is 17.2 Å². The highest BCUT2D eigenvalue weighted by Gasteiger charge is 2.17. The first-order valence-electron chi connectivity index (χ1n) is 7.80. The summed E-state index contributed by atoms with van der Waals surface area (Å²) >= 11 is 0. The molecular formula is C18H19N3O6. The van der Waals surface area contributed by atoms with Crippen molar-refractivity contribution in [3.05, 3.63) is 57.6 Å². The number of rotatable bonds is 7. The summed E-state index contributed by atoms with van der Waals surface area (Å²) in [7, 11) is 4.30. The Morgan fingerprint density at radius 3 is 2.33 bits per heavy atom. The van der Waals surface area contributed by atoms with Crippen LogP contribution in [0.25, 0.3) is 0 Å². The molecule has 0 saturated heterocycles. The van der Waals surface area contributed by atoms with Crippen LogP contribution in [0, 0.1) is 10.1 Å². The van der Waals surface area contributed by atoms with Gasteiger partial charge >= 0.3 is 5.69 Å². The summed E-state index contributed by atoms with van der Waals surface area (Å²) < 4.78 is 15.2. The highest BCUT2D eigenvalue weighted by molar-refractivity contribution is 6.02. The van der Waals surface area contributed by atoms with Gasteiger partial charge in [0.25, 0.3) is 5.91 Å². The summed E-state index contributed by atoms with van der Waals surface area (Å²) in [6.07, 6.45) is 0. The molecule has 0 radical (unpaired) electrons. The average Bonchev–Trinajstić information content (AvgIpc) is 2.70. The van der Waals surface area contributed by atoms with Crippen LogP contribution in [0.5, 0.6) is 17.2 Å². The van der Waals surface area contributed by atoms with Gasteiger partial charge in [-0.2, -0.15) is 5.10 Å². The number of nitrogens with zero attached hydrogens (tertiary/aromatic N) is 2. The van der Waals surface area contributed by atoms with Gasteiger partial charge in [0.2, 0.25) is 0 Å². The first kappa shape index (κ1) is 19.7. The van der Waals surface area contributed by atoms with E-state index in [1.165, 1.54) is 33.5 Å². The van der Waals surface area contributed by atoms with Crippen LogP contribution in [-0.4, -0.2) is 37.9 Å². The second-order valence-electron chi connectivity index (χ2n) is 5.35. The predicted octanol–water partition coefficient (Wildman–Crippen LogP) is 2.77. The third kappa shape index (κ3) is 4.51. The molecule has 9 heteroatoms. The first-order chi connectivity index (χ1) is 12.9. The van der Waals surface area contributed by atoms with Gasteiger partial charge in [0.1, 0.15) is 11.5 Å². The Hall–Kier alpha value is -3.62. The van der Waals surface area contributed by atoms with Crippen LogP contribution in [-0.2, 0) is 0 Å². The molecule has 0 spiro atoms. The molecule has 0 unspecified atom stereocenters. The van der Waals surface area contributed by atoms with Crippen LogP contribution in [0.1, 0.15) is 22.8 Å². The fourth-order valence-corrected chi connectivity index (χ4v) is 2.30. The fraction of sp³-hybridized carbons (Fsp3) is 0.222. The summed E-state index contributed by atoms with van der Waals surface area (Å²) in [4.78, 5) is 22.9. The van der Waals surface area contributed by atoms with Crippen LogP contribution in [0.15, 0.2) is 41.5 Å². The lowest BCUT2D eigenvalue weighted by Crippen LogP contribution is -2.20. The number of methoxy groups -OCH3 is 3. The van der Waals surface area contributed by atoms with Crippen molar-refractivity contribution in [2.24, 2.45) is 5.10 Å². The topological polar surface area (TPSA) is 112 Å². The van der Waals surface area contributed by atoms with Gasteiger partial charge in [-0.05, 0) is 31.2 Å². The highest BCUT2D eigenvalue weighted by Crippen LogP contribution is 2.28. The summed E-state index contributed by atoms with van der Waals surface area (Å²) in [5, 5.41) is 15.1. The molecule has 1 N–H and O–H groups in total. The normalized spacial score (nSPS) is 10.9. The van der Waals surface area contributed by atoms with E-state index in [-0.39, 0.29) is 17.0 Å². The zero-order valence-electron chi connectivity index (χ0n) is 15.3. The Balaban J connectivity index is 2.24. The van der Waals surface area contributed by atoms with Gasteiger partial charge in [-0.1, -0.05) is 0 Å². The molecule has 2 rings (SSSR count). The molecule has 2 aromatic rings. The minimum Gasteiger partial charge on any atom is -0.497 e. The van der Waals surface area contributed by atoms with Crippen molar-refractivity contribution >= 4 is 17.3 Å². The minimum absolute atomic E-state index is 0.142. The molecule has 9 nitrogen and oxygen atoms in total. The van der Waals surface area contributed by atoms with Crippen molar-refractivity contribution in [3.63, 3.8) is 0 Å². The number of hydrogen-bond acceptors (Lipinski definition) is 7. The van der Waals surface area contributed by atoms with Crippen molar-refractivity contribution < 1.29 is 23.9 Å². The van der Waals surface area contributed by atoms with Crippen molar-refractivity contribution in [2.45, 2.75) is 6.92 Å². The highest BCUT2D eigenvalue weighted by atomic mass is 16.6. The SMILES string of the molecule is COc1ccc(C(=O)NN=C(C)c2ccc(OC)c([N+](=O)[O-])c2)c(OC)c1. The number of benzene rings is 2. The molecule has 0 aromatic heterocycles. The van der Waals surface area contributed by atoms with Crippen LogP contribution >= 0.6 is 0 Å². The lowest BCUT2D eigenvalue weighted by Gasteiger charge is -2.09. The number of nitro benzene ring substituents is 1. The molecule has 27 heavy (non-hydrogen) atoms. The molecule has 0 heterocycles. The Kier molecular flexibility index (Phi) is 6.32. The number of carbonyl (C=O) groups excluding carboxylic acids is 1. The standard InChI is InChI=1S/C18H19N3O6/c1-11(12-5-8-16(26-3)15(9-12)21(23)24)19-20-18(22)14-7-6-13(25-2)10-17(14)27-4/h5-10H,1-4H3,(H,20,22). The third-order valence-corrected chi connectivity index (χ3v) is 3.77. The van der Waals surface area contributed by atoms with Crippen LogP contribution < -0.4 is 19.6 Å². The Morgan fingerprint density at radius 2 is 1.74 bits per heavy atom. The fourth-order valence-electron chi connectivity index (χ4n) is 2.30. The van der Waals surface area contributed by atoms with E-state index in [2.05, 4.69) is 10.5 Å². The number of nitrogens with one attached hydrogen (secondary N) is 1. The Bertz CT molecular complexity index is 895. The molecule has 0 aliphatic rings. The number of carbonyl (C=O) groups is 1. The smallest absolute Gasteiger partial charge is 0.311 e. The third-order valence-electron chi connectivity index (χ3n) is 3.77. The zero-order chi connectivity index (χ0) is 20.0. The van der Waals surface area contributed by atoms with Crippen LogP contribution in [0.4, 0.5) is 5.69 Å². The van der Waals surface area contributed by atoms with E-state index >= 15 is 0 Å². The molecular weight excluding hydrogens is 354 g/mol. The number of ether oxygens (including phenoxy) is 3. The summed E-state index contributed by atoms with van der Waals surface area (Å²) in [6, 6.07) is 9.18. The van der Waals surface area contributed by atoms with E-state index in [0.717, 1.165) is 0 Å². The van der Waals surface area contributed by atoms with Crippen LogP contribution in [0.3, 0.4) is 0 Å². The number of hydrogen-bond donors (Lipinski definition) is 1. The molecule has 0 aliphatic carbocycles. The molecule has 1 amide bonds. The Labute approximate surface area is 155 Å².